The average molecular weight is 329 g/mol. The van der Waals surface area contributed by atoms with E-state index in [4.69, 9.17) is 16.3 Å². The molecule has 0 saturated heterocycles. The van der Waals surface area contributed by atoms with Crippen LogP contribution in [0.4, 0.5) is 15.2 Å². The SMILES string of the molecule is CCOC(=O)CCc1csc(Nc2ccc(Cl)cc2F)n1. The number of halogens is 2. The molecule has 0 aliphatic rings. The molecule has 2 aromatic rings. The third kappa shape index (κ3) is 4.68. The van der Waals surface area contributed by atoms with Crippen molar-refractivity contribution in [1.29, 1.82) is 0 Å². The monoisotopic (exact) mass is 328 g/mol. The molecule has 1 aromatic heterocycles. The van der Waals surface area contributed by atoms with Gasteiger partial charge < -0.3 is 10.1 Å². The summed E-state index contributed by atoms with van der Waals surface area (Å²) in [4.78, 5) is 15.6. The molecule has 1 aromatic carbocycles. The number of rotatable bonds is 6. The molecule has 0 bridgehead atoms. The molecule has 0 unspecified atom stereocenters. The van der Waals surface area contributed by atoms with Crippen LogP contribution in [0.25, 0.3) is 0 Å². The molecule has 0 aliphatic carbocycles. The maximum atomic E-state index is 13.7. The van der Waals surface area contributed by atoms with Gasteiger partial charge in [-0.1, -0.05) is 11.6 Å². The van der Waals surface area contributed by atoms with Gasteiger partial charge in [0.15, 0.2) is 5.13 Å². The molecule has 2 rings (SSSR count). The highest BCUT2D eigenvalue weighted by atomic mass is 35.5. The number of anilines is 2. The van der Waals surface area contributed by atoms with Crippen LogP contribution in [-0.4, -0.2) is 17.6 Å². The topological polar surface area (TPSA) is 51.2 Å². The van der Waals surface area contributed by atoms with Crippen LogP contribution in [0.2, 0.25) is 5.02 Å². The summed E-state index contributed by atoms with van der Waals surface area (Å²) in [5.74, 6) is -0.686. The van der Waals surface area contributed by atoms with Crippen LogP contribution in [0.1, 0.15) is 19.0 Å². The van der Waals surface area contributed by atoms with Crippen LogP contribution >= 0.6 is 22.9 Å². The van der Waals surface area contributed by atoms with E-state index in [0.29, 0.717) is 28.9 Å². The zero-order valence-electron chi connectivity index (χ0n) is 11.4. The van der Waals surface area contributed by atoms with Gasteiger partial charge in [-0.05, 0) is 25.1 Å². The first kappa shape index (κ1) is 15.7. The molecule has 0 saturated carbocycles. The first-order chi connectivity index (χ1) is 10.1. The van der Waals surface area contributed by atoms with Gasteiger partial charge in [0.2, 0.25) is 0 Å². The van der Waals surface area contributed by atoms with Crippen molar-refractivity contribution >= 4 is 39.7 Å². The van der Waals surface area contributed by atoms with E-state index < -0.39 is 5.82 Å². The van der Waals surface area contributed by atoms with E-state index in [2.05, 4.69) is 10.3 Å². The van der Waals surface area contributed by atoms with Gasteiger partial charge in [0.05, 0.1) is 24.4 Å². The Labute approximate surface area is 130 Å². The number of hydrogen-bond acceptors (Lipinski definition) is 5. The standard InChI is InChI=1S/C14H14ClFN2O2S/c1-2-20-13(19)6-4-10-8-21-14(17-10)18-12-5-3-9(15)7-11(12)16/h3,5,7-8H,2,4,6H2,1H3,(H,17,18). The molecule has 0 amide bonds. The molecule has 1 heterocycles. The maximum Gasteiger partial charge on any atom is 0.306 e. The number of carbonyl (C=O) groups is 1. The van der Waals surface area contributed by atoms with Crippen molar-refractivity contribution in [3.8, 4) is 0 Å². The highest BCUT2D eigenvalue weighted by Crippen LogP contribution is 2.25. The van der Waals surface area contributed by atoms with Crippen molar-refractivity contribution in [2.75, 3.05) is 11.9 Å². The third-order valence-electron chi connectivity index (χ3n) is 2.62. The van der Waals surface area contributed by atoms with Crippen LogP contribution in [-0.2, 0) is 16.0 Å². The Kier molecular flexibility index (Phi) is 5.52. The predicted molar refractivity (Wildman–Crippen MR) is 81.8 cm³/mol. The number of aryl methyl sites for hydroxylation is 1. The largest absolute Gasteiger partial charge is 0.466 e. The summed E-state index contributed by atoms with van der Waals surface area (Å²) in [6.07, 6.45) is 0.784. The summed E-state index contributed by atoms with van der Waals surface area (Å²) in [6, 6.07) is 4.39. The lowest BCUT2D eigenvalue weighted by Gasteiger charge is -2.04. The number of nitrogens with one attached hydrogen (secondary N) is 1. The van der Waals surface area contributed by atoms with E-state index in [0.717, 1.165) is 5.69 Å². The number of nitrogens with zero attached hydrogens (tertiary/aromatic N) is 1. The van der Waals surface area contributed by atoms with Gasteiger partial charge >= 0.3 is 5.97 Å². The molecular weight excluding hydrogens is 315 g/mol. The number of hydrogen-bond donors (Lipinski definition) is 1. The predicted octanol–water partition coefficient (Wildman–Crippen LogP) is 4.17. The Balaban J connectivity index is 1.95. The van der Waals surface area contributed by atoms with E-state index in [1.165, 1.54) is 17.4 Å². The Hall–Kier alpha value is -1.66. The molecule has 7 heteroatoms. The number of esters is 1. The van der Waals surface area contributed by atoms with Crippen LogP contribution in [0.5, 0.6) is 0 Å². The number of carbonyl (C=O) groups excluding carboxylic acids is 1. The number of ether oxygens (including phenoxy) is 1. The summed E-state index contributed by atoms with van der Waals surface area (Å²) in [6.45, 7) is 2.14. The fraction of sp³-hybridized carbons (Fsp3) is 0.286. The zero-order chi connectivity index (χ0) is 15.2. The van der Waals surface area contributed by atoms with Crippen LogP contribution < -0.4 is 5.32 Å². The minimum absolute atomic E-state index is 0.247. The van der Waals surface area contributed by atoms with E-state index in [-0.39, 0.29) is 12.4 Å². The van der Waals surface area contributed by atoms with Crippen molar-refractivity contribution in [2.24, 2.45) is 0 Å². The van der Waals surface area contributed by atoms with Gasteiger partial charge in [-0.2, -0.15) is 0 Å². The molecule has 4 nitrogen and oxygen atoms in total. The van der Waals surface area contributed by atoms with Crippen LogP contribution in [0.3, 0.4) is 0 Å². The fourth-order valence-corrected chi connectivity index (χ4v) is 2.56. The van der Waals surface area contributed by atoms with Gasteiger partial charge in [0.1, 0.15) is 5.82 Å². The van der Waals surface area contributed by atoms with Crippen molar-refractivity contribution in [1.82, 2.24) is 4.98 Å². The van der Waals surface area contributed by atoms with Gasteiger partial charge in [0.25, 0.3) is 0 Å². The number of benzene rings is 1. The fourth-order valence-electron chi connectivity index (χ4n) is 1.65. The van der Waals surface area contributed by atoms with Gasteiger partial charge in [-0.3, -0.25) is 4.79 Å². The molecule has 0 radical (unpaired) electrons. The first-order valence-corrected chi connectivity index (χ1v) is 7.66. The van der Waals surface area contributed by atoms with Crippen molar-refractivity contribution in [3.05, 3.63) is 40.1 Å². The minimum Gasteiger partial charge on any atom is -0.466 e. The lowest BCUT2D eigenvalue weighted by Crippen LogP contribution is -2.05. The molecule has 0 aliphatic heterocycles. The van der Waals surface area contributed by atoms with Crippen molar-refractivity contribution in [2.45, 2.75) is 19.8 Å². The highest BCUT2D eigenvalue weighted by Gasteiger charge is 2.08. The molecule has 21 heavy (non-hydrogen) atoms. The quantitative estimate of drug-likeness (QED) is 0.808. The van der Waals surface area contributed by atoms with E-state index in [1.54, 1.807) is 19.1 Å². The normalized spacial score (nSPS) is 10.4. The Morgan fingerprint density at radius 2 is 2.33 bits per heavy atom. The Morgan fingerprint density at radius 3 is 3.05 bits per heavy atom. The second-order valence-electron chi connectivity index (χ2n) is 4.20. The summed E-state index contributed by atoms with van der Waals surface area (Å²) in [5, 5.41) is 5.62. The third-order valence-corrected chi connectivity index (χ3v) is 3.66. The Bertz CT molecular complexity index is 633. The van der Waals surface area contributed by atoms with E-state index >= 15 is 0 Å². The summed E-state index contributed by atoms with van der Waals surface area (Å²) < 4.78 is 18.5. The number of thiazole rings is 1. The lowest BCUT2D eigenvalue weighted by molar-refractivity contribution is -0.143. The first-order valence-electron chi connectivity index (χ1n) is 6.40. The van der Waals surface area contributed by atoms with Crippen molar-refractivity contribution in [3.63, 3.8) is 0 Å². The van der Waals surface area contributed by atoms with Crippen molar-refractivity contribution < 1.29 is 13.9 Å². The van der Waals surface area contributed by atoms with E-state index in [9.17, 15) is 9.18 Å². The second-order valence-corrected chi connectivity index (χ2v) is 5.49. The summed E-state index contributed by atoms with van der Waals surface area (Å²) in [7, 11) is 0. The summed E-state index contributed by atoms with van der Waals surface area (Å²) in [5.41, 5.74) is 1.08. The van der Waals surface area contributed by atoms with E-state index in [1.807, 2.05) is 5.38 Å². The van der Waals surface area contributed by atoms with Crippen LogP contribution in [0.15, 0.2) is 23.6 Å². The van der Waals surface area contributed by atoms with Gasteiger partial charge in [-0.15, -0.1) is 11.3 Å². The minimum atomic E-state index is -0.439. The zero-order valence-corrected chi connectivity index (χ0v) is 12.9. The summed E-state index contributed by atoms with van der Waals surface area (Å²) >= 11 is 7.04. The molecule has 0 fully saturated rings. The molecule has 112 valence electrons. The van der Waals surface area contributed by atoms with Gasteiger partial charge in [-0.25, -0.2) is 9.37 Å². The average Bonchev–Trinajstić information content (AvgIpc) is 2.88. The van der Waals surface area contributed by atoms with Crippen LogP contribution in [0, 0.1) is 5.82 Å². The molecular formula is C14H14ClFN2O2S. The smallest absolute Gasteiger partial charge is 0.306 e. The lowest BCUT2D eigenvalue weighted by atomic mass is 10.2. The second kappa shape index (κ2) is 7.38. The molecule has 0 spiro atoms. The molecule has 1 N–H and O–H groups in total. The highest BCUT2D eigenvalue weighted by molar-refractivity contribution is 7.13. The maximum absolute atomic E-state index is 13.7. The molecule has 0 atom stereocenters. The number of aromatic nitrogens is 1. The van der Waals surface area contributed by atoms with Gasteiger partial charge in [0, 0.05) is 16.8 Å². The Morgan fingerprint density at radius 1 is 1.52 bits per heavy atom.